The maximum absolute atomic E-state index is 6.03. The highest BCUT2D eigenvalue weighted by Gasteiger charge is 2.19. The molecule has 0 radical (unpaired) electrons. The largest absolute Gasteiger partial charge is 0.397 e. The Balaban J connectivity index is 2.15. The van der Waals surface area contributed by atoms with Crippen LogP contribution in [0.25, 0.3) is 0 Å². The van der Waals surface area contributed by atoms with E-state index in [9.17, 15) is 0 Å². The Labute approximate surface area is 105 Å². The van der Waals surface area contributed by atoms with Crippen LogP contribution in [0.1, 0.15) is 12.8 Å². The van der Waals surface area contributed by atoms with Gasteiger partial charge in [0.2, 0.25) is 0 Å². The van der Waals surface area contributed by atoms with Crippen LogP contribution in [-0.4, -0.2) is 26.3 Å². The summed E-state index contributed by atoms with van der Waals surface area (Å²) in [5.41, 5.74) is 7.96. The fraction of sp³-hybridized carbons (Fsp3) is 0.500. The second kappa shape index (κ2) is 5.06. The molecule has 0 spiro atoms. The van der Waals surface area contributed by atoms with E-state index in [1.165, 1.54) is 0 Å². The molecule has 1 aliphatic heterocycles. The zero-order chi connectivity index (χ0) is 11.5. The Morgan fingerprint density at radius 2 is 2.06 bits per heavy atom. The summed E-state index contributed by atoms with van der Waals surface area (Å²) in [6, 6.07) is 6.58. The molecule has 1 aromatic rings. The van der Waals surface area contributed by atoms with Crippen molar-refractivity contribution in [3.8, 4) is 0 Å². The lowest BCUT2D eigenvalue weighted by Gasteiger charge is -2.33. The smallest absolute Gasteiger partial charge is 0.0600 e. The van der Waals surface area contributed by atoms with Crippen molar-refractivity contribution in [2.75, 3.05) is 30.9 Å². The molecule has 0 aromatic heterocycles. The lowest BCUT2D eigenvalue weighted by molar-refractivity contribution is 0.0855. The summed E-state index contributed by atoms with van der Waals surface area (Å²) in [5, 5.41) is 0. The van der Waals surface area contributed by atoms with Crippen molar-refractivity contribution in [2.24, 2.45) is 0 Å². The van der Waals surface area contributed by atoms with E-state index >= 15 is 0 Å². The quantitative estimate of drug-likeness (QED) is 0.849. The van der Waals surface area contributed by atoms with E-state index in [1.807, 2.05) is 12.1 Å². The van der Waals surface area contributed by atoms with Gasteiger partial charge in [-0.05, 0) is 31.0 Å². The Morgan fingerprint density at radius 1 is 1.38 bits per heavy atom. The summed E-state index contributed by atoms with van der Waals surface area (Å²) >= 11 is 3.42. The van der Waals surface area contributed by atoms with Crippen LogP contribution in [0.4, 0.5) is 11.4 Å². The summed E-state index contributed by atoms with van der Waals surface area (Å²) in [5.74, 6) is 0. The molecule has 0 bridgehead atoms. The summed E-state index contributed by atoms with van der Waals surface area (Å²) in [6.45, 7) is 1.71. The molecule has 2 rings (SSSR count). The van der Waals surface area contributed by atoms with E-state index in [0.29, 0.717) is 6.04 Å². The molecule has 0 aliphatic carbocycles. The maximum atomic E-state index is 6.03. The van der Waals surface area contributed by atoms with E-state index in [0.717, 1.165) is 41.9 Å². The van der Waals surface area contributed by atoms with E-state index in [1.54, 1.807) is 0 Å². The highest BCUT2D eigenvalue weighted by molar-refractivity contribution is 9.10. The zero-order valence-electron chi connectivity index (χ0n) is 9.45. The molecular formula is C12H17BrN2O. The molecule has 1 fully saturated rings. The van der Waals surface area contributed by atoms with Crippen molar-refractivity contribution in [3.63, 3.8) is 0 Å². The molecule has 88 valence electrons. The van der Waals surface area contributed by atoms with E-state index in [2.05, 4.69) is 33.9 Å². The number of hydrogen-bond acceptors (Lipinski definition) is 3. The Morgan fingerprint density at radius 3 is 2.69 bits per heavy atom. The number of hydrogen-bond donors (Lipinski definition) is 1. The van der Waals surface area contributed by atoms with Crippen LogP contribution in [0.2, 0.25) is 0 Å². The van der Waals surface area contributed by atoms with Gasteiger partial charge in [-0.2, -0.15) is 0 Å². The van der Waals surface area contributed by atoms with Crippen LogP contribution in [-0.2, 0) is 4.74 Å². The fourth-order valence-corrected chi connectivity index (χ4v) is 2.49. The molecule has 0 unspecified atom stereocenters. The van der Waals surface area contributed by atoms with Crippen LogP contribution in [0, 0.1) is 0 Å². The molecule has 0 atom stereocenters. The normalized spacial score (nSPS) is 17.4. The van der Waals surface area contributed by atoms with Crippen molar-refractivity contribution in [2.45, 2.75) is 18.9 Å². The topological polar surface area (TPSA) is 38.5 Å². The number of anilines is 2. The van der Waals surface area contributed by atoms with Gasteiger partial charge in [-0.3, -0.25) is 0 Å². The van der Waals surface area contributed by atoms with Crippen molar-refractivity contribution < 1.29 is 4.74 Å². The lowest BCUT2D eigenvalue weighted by Crippen LogP contribution is -2.37. The molecule has 4 heteroatoms. The molecule has 3 nitrogen and oxygen atoms in total. The summed E-state index contributed by atoms with van der Waals surface area (Å²) in [6.07, 6.45) is 2.15. The monoisotopic (exact) mass is 284 g/mol. The van der Waals surface area contributed by atoms with Gasteiger partial charge >= 0.3 is 0 Å². The average molecular weight is 285 g/mol. The molecule has 1 aliphatic rings. The average Bonchev–Trinajstić information content (AvgIpc) is 2.29. The third-order valence-corrected chi connectivity index (χ3v) is 3.60. The van der Waals surface area contributed by atoms with Crippen LogP contribution in [0.5, 0.6) is 0 Å². The van der Waals surface area contributed by atoms with Gasteiger partial charge in [0.15, 0.2) is 0 Å². The fourth-order valence-electron chi connectivity index (χ4n) is 2.12. The Bertz CT molecular complexity index is 364. The molecule has 16 heavy (non-hydrogen) atoms. The van der Waals surface area contributed by atoms with Gasteiger partial charge in [0.05, 0.1) is 11.4 Å². The number of nitrogen functional groups attached to an aromatic ring is 1. The number of halogens is 1. The van der Waals surface area contributed by atoms with Gasteiger partial charge in [-0.15, -0.1) is 0 Å². The van der Waals surface area contributed by atoms with E-state index in [-0.39, 0.29) is 0 Å². The summed E-state index contributed by atoms with van der Waals surface area (Å²) in [7, 11) is 2.11. The SMILES string of the molecule is CN(c1ccc(Br)cc1N)C1CCOCC1. The molecule has 1 aromatic carbocycles. The first-order valence-electron chi connectivity index (χ1n) is 5.54. The lowest BCUT2D eigenvalue weighted by atomic mass is 10.1. The van der Waals surface area contributed by atoms with Crippen molar-refractivity contribution in [3.05, 3.63) is 22.7 Å². The molecule has 0 amide bonds. The van der Waals surface area contributed by atoms with Crippen molar-refractivity contribution in [1.29, 1.82) is 0 Å². The second-order valence-electron chi connectivity index (χ2n) is 4.16. The Kier molecular flexibility index (Phi) is 3.71. The van der Waals surface area contributed by atoms with Crippen LogP contribution in [0.15, 0.2) is 22.7 Å². The first-order chi connectivity index (χ1) is 7.68. The van der Waals surface area contributed by atoms with Gasteiger partial charge in [0.1, 0.15) is 0 Å². The van der Waals surface area contributed by atoms with Crippen LogP contribution < -0.4 is 10.6 Å². The highest BCUT2D eigenvalue weighted by Crippen LogP contribution is 2.29. The summed E-state index contributed by atoms with van der Waals surface area (Å²) < 4.78 is 6.39. The second-order valence-corrected chi connectivity index (χ2v) is 5.07. The third kappa shape index (κ3) is 2.50. The third-order valence-electron chi connectivity index (χ3n) is 3.11. The first-order valence-corrected chi connectivity index (χ1v) is 6.33. The van der Waals surface area contributed by atoms with Gasteiger partial charge in [-0.1, -0.05) is 15.9 Å². The van der Waals surface area contributed by atoms with E-state index in [4.69, 9.17) is 10.5 Å². The van der Waals surface area contributed by atoms with Crippen LogP contribution in [0.3, 0.4) is 0 Å². The van der Waals surface area contributed by atoms with Gasteiger partial charge in [0, 0.05) is 30.8 Å². The minimum absolute atomic E-state index is 0.539. The Hall–Kier alpha value is -0.740. The van der Waals surface area contributed by atoms with Crippen LogP contribution >= 0.6 is 15.9 Å². The van der Waals surface area contributed by atoms with Crippen molar-refractivity contribution >= 4 is 27.3 Å². The molecule has 1 saturated heterocycles. The minimum Gasteiger partial charge on any atom is -0.397 e. The zero-order valence-corrected chi connectivity index (χ0v) is 11.0. The first kappa shape index (κ1) is 11.7. The summed E-state index contributed by atoms with van der Waals surface area (Å²) in [4.78, 5) is 2.27. The van der Waals surface area contributed by atoms with Gasteiger partial charge < -0.3 is 15.4 Å². The molecule has 1 heterocycles. The highest BCUT2D eigenvalue weighted by atomic mass is 79.9. The number of nitrogens with zero attached hydrogens (tertiary/aromatic N) is 1. The number of benzene rings is 1. The minimum atomic E-state index is 0.539. The molecule has 0 saturated carbocycles. The van der Waals surface area contributed by atoms with Gasteiger partial charge in [-0.25, -0.2) is 0 Å². The molecular weight excluding hydrogens is 268 g/mol. The number of ether oxygens (including phenoxy) is 1. The number of nitrogens with two attached hydrogens (primary N) is 1. The standard InChI is InChI=1S/C12H17BrN2O/c1-15(10-4-6-16-7-5-10)12-3-2-9(13)8-11(12)14/h2-3,8,10H,4-7,14H2,1H3. The number of rotatable bonds is 2. The predicted molar refractivity (Wildman–Crippen MR) is 70.8 cm³/mol. The van der Waals surface area contributed by atoms with Gasteiger partial charge in [0.25, 0.3) is 0 Å². The maximum Gasteiger partial charge on any atom is 0.0600 e. The van der Waals surface area contributed by atoms with E-state index < -0.39 is 0 Å². The predicted octanol–water partition coefficient (Wildman–Crippen LogP) is 2.65. The molecule has 2 N–H and O–H groups in total. The van der Waals surface area contributed by atoms with Crippen molar-refractivity contribution in [1.82, 2.24) is 0 Å².